The molecule has 0 aliphatic carbocycles. The molecule has 0 bridgehead atoms. The van der Waals surface area contributed by atoms with Gasteiger partial charge in [0.05, 0.1) is 6.20 Å². The van der Waals surface area contributed by atoms with Crippen LogP contribution in [-0.2, 0) is 0 Å². The summed E-state index contributed by atoms with van der Waals surface area (Å²) in [7, 11) is 3.78. The molecule has 6 nitrogen and oxygen atoms in total. The summed E-state index contributed by atoms with van der Waals surface area (Å²) >= 11 is 0. The Labute approximate surface area is 98.2 Å². The van der Waals surface area contributed by atoms with Crippen LogP contribution in [0, 0.1) is 0 Å². The standard InChI is InChI=1S/C11H12N4O2/c1-15(2)8-3-4-9(10(16)7-8)13-14-11-12-5-6-17-11/h3-7,16H,1-2H3. The normalized spacial score (nSPS) is 10.9. The Morgan fingerprint density at radius 3 is 2.71 bits per heavy atom. The van der Waals surface area contributed by atoms with Crippen LogP contribution < -0.4 is 4.90 Å². The summed E-state index contributed by atoms with van der Waals surface area (Å²) in [5, 5.41) is 17.3. The third-order valence-corrected chi connectivity index (χ3v) is 2.14. The quantitative estimate of drug-likeness (QED) is 0.825. The van der Waals surface area contributed by atoms with Crippen molar-refractivity contribution in [1.82, 2.24) is 4.98 Å². The van der Waals surface area contributed by atoms with E-state index in [1.54, 1.807) is 12.1 Å². The number of anilines is 1. The summed E-state index contributed by atoms with van der Waals surface area (Å²) in [5.74, 6) is 0.0616. The number of hydrogen-bond donors (Lipinski definition) is 1. The Morgan fingerprint density at radius 2 is 2.12 bits per heavy atom. The lowest BCUT2D eigenvalue weighted by Gasteiger charge is -2.12. The van der Waals surface area contributed by atoms with Gasteiger partial charge in [-0.05, 0) is 12.1 Å². The molecule has 17 heavy (non-hydrogen) atoms. The van der Waals surface area contributed by atoms with Crippen molar-refractivity contribution in [3.8, 4) is 5.75 Å². The van der Waals surface area contributed by atoms with Crippen LogP contribution in [-0.4, -0.2) is 24.2 Å². The van der Waals surface area contributed by atoms with E-state index in [9.17, 15) is 5.11 Å². The van der Waals surface area contributed by atoms with Crippen molar-refractivity contribution in [1.29, 1.82) is 0 Å². The van der Waals surface area contributed by atoms with E-state index in [1.165, 1.54) is 12.5 Å². The number of azo groups is 1. The van der Waals surface area contributed by atoms with Crippen LogP contribution in [0.5, 0.6) is 5.75 Å². The van der Waals surface area contributed by atoms with Crippen LogP contribution in [0.3, 0.4) is 0 Å². The molecule has 1 heterocycles. The van der Waals surface area contributed by atoms with Gasteiger partial charge in [0.1, 0.15) is 17.7 Å². The topological polar surface area (TPSA) is 74.2 Å². The highest BCUT2D eigenvalue weighted by atomic mass is 16.4. The first kappa shape index (κ1) is 11.1. The third-order valence-electron chi connectivity index (χ3n) is 2.14. The van der Waals surface area contributed by atoms with Crippen molar-refractivity contribution < 1.29 is 9.52 Å². The van der Waals surface area contributed by atoms with Gasteiger partial charge in [0.2, 0.25) is 0 Å². The summed E-state index contributed by atoms with van der Waals surface area (Å²) in [5.41, 5.74) is 1.26. The van der Waals surface area contributed by atoms with Crippen LogP contribution in [0.25, 0.3) is 0 Å². The fraction of sp³-hybridized carbons (Fsp3) is 0.182. The molecule has 0 amide bonds. The maximum atomic E-state index is 9.74. The lowest BCUT2D eigenvalue weighted by atomic mass is 10.2. The smallest absolute Gasteiger partial charge is 0.340 e. The molecule has 1 aromatic carbocycles. The number of hydrogen-bond acceptors (Lipinski definition) is 6. The second-order valence-corrected chi connectivity index (χ2v) is 3.58. The van der Waals surface area contributed by atoms with E-state index in [1.807, 2.05) is 25.1 Å². The lowest BCUT2D eigenvalue weighted by Crippen LogP contribution is -2.07. The molecule has 0 spiro atoms. The molecular weight excluding hydrogens is 220 g/mol. The Morgan fingerprint density at radius 1 is 1.29 bits per heavy atom. The zero-order chi connectivity index (χ0) is 12.3. The van der Waals surface area contributed by atoms with Crippen molar-refractivity contribution in [3.05, 3.63) is 30.7 Å². The summed E-state index contributed by atoms with van der Waals surface area (Å²) < 4.78 is 4.90. The Kier molecular flexibility index (Phi) is 3.04. The van der Waals surface area contributed by atoms with Crippen LogP contribution in [0.1, 0.15) is 0 Å². The Hall–Kier alpha value is -2.37. The highest BCUT2D eigenvalue weighted by Gasteiger charge is 2.03. The van der Waals surface area contributed by atoms with Crippen LogP contribution in [0.2, 0.25) is 0 Å². The summed E-state index contributed by atoms with van der Waals surface area (Å²) in [6, 6.07) is 5.28. The second kappa shape index (κ2) is 4.65. The molecule has 88 valence electrons. The van der Waals surface area contributed by atoms with Gasteiger partial charge in [0.15, 0.2) is 0 Å². The molecule has 0 aliphatic heterocycles. The minimum absolute atomic E-state index is 0.0616. The van der Waals surface area contributed by atoms with Gasteiger partial charge in [-0.25, -0.2) is 0 Å². The maximum absolute atomic E-state index is 9.74. The lowest BCUT2D eigenvalue weighted by molar-refractivity contribution is 0.476. The summed E-state index contributed by atoms with van der Waals surface area (Å²) in [4.78, 5) is 5.67. The van der Waals surface area contributed by atoms with E-state index >= 15 is 0 Å². The Bertz CT molecular complexity index is 520. The predicted octanol–water partition coefficient (Wildman–Crippen LogP) is 2.86. The fourth-order valence-corrected chi connectivity index (χ4v) is 1.24. The number of phenols is 1. The van der Waals surface area contributed by atoms with Crippen molar-refractivity contribution in [2.24, 2.45) is 10.2 Å². The molecule has 1 N–H and O–H groups in total. The monoisotopic (exact) mass is 232 g/mol. The van der Waals surface area contributed by atoms with Gasteiger partial charge in [0, 0.05) is 25.8 Å². The van der Waals surface area contributed by atoms with E-state index in [0.29, 0.717) is 5.69 Å². The maximum Gasteiger partial charge on any atom is 0.340 e. The van der Waals surface area contributed by atoms with E-state index in [-0.39, 0.29) is 11.8 Å². The molecule has 2 aromatic rings. The van der Waals surface area contributed by atoms with Crippen LogP contribution >= 0.6 is 0 Å². The van der Waals surface area contributed by atoms with Gasteiger partial charge in [0.25, 0.3) is 0 Å². The highest BCUT2D eigenvalue weighted by Crippen LogP contribution is 2.31. The SMILES string of the molecule is CN(C)c1ccc(N=Nc2ncco2)c(O)c1. The van der Waals surface area contributed by atoms with E-state index < -0.39 is 0 Å². The van der Waals surface area contributed by atoms with Crippen molar-refractivity contribution in [3.63, 3.8) is 0 Å². The number of phenolic OH excluding ortho intramolecular Hbond substituents is 1. The van der Waals surface area contributed by atoms with Gasteiger partial charge >= 0.3 is 6.01 Å². The molecule has 0 fully saturated rings. The largest absolute Gasteiger partial charge is 0.506 e. The molecule has 1 aromatic heterocycles. The highest BCUT2D eigenvalue weighted by molar-refractivity contribution is 5.60. The van der Waals surface area contributed by atoms with Gasteiger partial charge < -0.3 is 14.4 Å². The van der Waals surface area contributed by atoms with Gasteiger partial charge in [-0.15, -0.1) is 5.11 Å². The fourth-order valence-electron chi connectivity index (χ4n) is 1.24. The van der Waals surface area contributed by atoms with Gasteiger partial charge in [-0.3, -0.25) is 0 Å². The van der Waals surface area contributed by atoms with Crippen LogP contribution in [0.15, 0.2) is 45.3 Å². The number of oxazole rings is 1. The summed E-state index contributed by atoms with van der Waals surface area (Å²) in [6.07, 6.45) is 2.88. The first-order valence-electron chi connectivity index (χ1n) is 4.98. The minimum atomic E-state index is 0.0616. The van der Waals surface area contributed by atoms with E-state index in [2.05, 4.69) is 15.2 Å². The predicted molar refractivity (Wildman–Crippen MR) is 63.1 cm³/mol. The molecule has 0 radical (unpaired) electrons. The van der Waals surface area contributed by atoms with Crippen molar-refractivity contribution in [2.75, 3.05) is 19.0 Å². The average molecular weight is 232 g/mol. The van der Waals surface area contributed by atoms with E-state index in [4.69, 9.17) is 4.42 Å². The number of rotatable bonds is 3. The zero-order valence-corrected chi connectivity index (χ0v) is 9.53. The average Bonchev–Trinajstić information content (AvgIpc) is 2.80. The number of benzene rings is 1. The minimum Gasteiger partial charge on any atom is -0.506 e. The number of nitrogens with zero attached hydrogens (tertiary/aromatic N) is 4. The van der Waals surface area contributed by atoms with E-state index in [0.717, 1.165) is 5.69 Å². The summed E-state index contributed by atoms with van der Waals surface area (Å²) in [6.45, 7) is 0. The van der Waals surface area contributed by atoms with Crippen molar-refractivity contribution >= 4 is 17.4 Å². The molecule has 2 rings (SSSR count). The number of aromatic nitrogens is 1. The molecular formula is C11H12N4O2. The van der Waals surface area contributed by atoms with Crippen molar-refractivity contribution in [2.45, 2.75) is 0 Å². The van der Waals surface area contributed by atoms with Gasteiger partial charge in [-0.2, -0.15) is 4.98 Å². The molecule has 0 unspecified atom stereocenters. The molecule has 0 saturated heterocycles. The first-order chi connectivity index (χ1) is 8.16. The number of aromatic hydroxyl groups is 1. The molecule has 6 heteroatoms. The van der Waals surface area contributed by atoms with Crippen LogP contribution in [0.4, 0.5) is 17.4 Å². The second-order valence-electron chi connectivity index (χ2n) is 3.58. The zero-order valence-electron chi connectivity index (χ0n) is 9.53. The Balaban J connectivity index is 2.22. The molecule has 0 atom stereocenters. The third kappa shape index (κ3) is 2.60. The van der Waals surface area contributed by atoms with Gasteiger partial charge in [-0.1, -0.05) is 5.11 Å². The first-order valence-corrected chi connectivity index (χ1v) is 4.98. The molecule has 0 saturated carbocycles. The molecule has 0 aliphatic rings.